The molecule has 0 N–H and O–H groups in total. The lowest BCUT2D eigenvalue weighted by Crippen LogP contribution is -2.48. The van der Waals surface area contributed by atoms with Crippen LogP contribution in [-0.4, -0.2) is 39.6 Å². The molecule has 0 bridgehead atoms. The molecule has 0 amide bonds. The topological polar surface area (TPSA) is 27.7 Å². The van der Waals surface area contributed by atoms with E-state index in [1.807, 2.05) is 0 Å². The number of hydrogen-bond donors (Lipinski definition) is 2. The van der Waals surface area contributed by atoms with Gasteiger partial charge in [-0.1, -0.05) is 20.8 Å². The first kappa shape index (κ1) is 18.8. The van der Waals surface area contributed by atoms with Crippen molar-refractivity contribution in [3.63, 3.8) is 0 Å². The monoisotopic (exact) mass is 312 g/mol. The van der Waals surface area contributed by atoms with Crippen LogP contribution in [0.3, 0.4) is 0 Å². The van der Waals surface area contributed by atoms with Crippen LogP contribution in [0.1, 0.15) is 40.0 Å². The van der Waals surface area contributed by atoms with E-state index < -0.39 is 8.80 Å². The van der Waals surface area contributed by atoms with Crippen molar-refractivity contribution in [3.8, 4) is 0 Å². The maximum atomic E-state index is 5.97. The van der Waals surface area contributed by atoms with Gasteiger partial charge in [0, 0.05) is 36.9 Å². The van der Waals surface area contributed by atoms with Crippen molar-refractivity contribution in [2.75, 3.05) is 25.6 Å². The molecule has 0 radical (unpaired) electrons. The highest BCUT2D eigenvalue weighted by Crippen LogP contribution is 2.22. The molecule has 0 heterocycles. The van der Waals surface area contributed by atoms with E-state index >= 15 is 0 Å². The van der Waals surface area contributed by atoms with Crippen LogP contribution in [0.25, 0.3) is 0 Å². The molecule has 0 aliphatic carbocycles. The largest absolute Gasteiger partial charge is 0.502 e. The highest BCUT2D eigenvalue weighted by Gasteiger charge is 2.42. The Bertz CT molecular complexity index is 174. The van der Waals surface area contributed by atoms with E-state index in [-0.39, 0.29) is 5.25 Å². The molecule has 0 spiro atoms. The number of hydrogen-bond acceptors (Lipinski definition) is 5. The molecule has 0 aromatic carbocycles. The van der Waals surface area contributed by atoms with Gasteiger partial charge in [0.25, 0.3) is 0 Å². The molecule has 110 valence electrons. The minimum absolute atomic E-state index is 0.158. The Balaban J connectivity index is 4.61. The van der Waals surface area contributed by atoms with E-state index in [0.29, 0.717) is 25.6 Å². The number of thiol groups is 2. The van der Waals surface area contributed by atoms with Gasteiger partial charge in [-0.2, -0.15) is 25.3 Å². The summed E-state index contributed by atoms with van der Waals surface area (Å²) in [5.41, 5.74) is 0. The molecule has 0 aromatic heterocycles. The van der Waals surface area contributed by atoms with Gasteiger partial charge in [-0.15, -0.1) is 0 Å². The summed E-state index contributed by atoms with van der Waals surface area (Å²) in [5.74, 6) is 0.707. The smallest absolute Gasteiger partial charge is 0.373 e. The van der Waals surface area contributed by atoms with Crippen LogP contribution >= 0.6 is 25.3 Å². The quantitative estimate of drug-likeness (QED) is 0.427. The van der Waals surface area contributed by atoms with Crippen LogP contribution in [0, 0.1) is 0 Å². The van der Waals surface area contributed by atoms with E-state index in [2.05, 4.69) is 46.0 Å². The maximum Gasteiger partial charge on any atom is 0.502 e. The minimum atomic E-state index is -2.57. The SMILES string of the molecule is CCCO[Si](CC(S)CS)(OCCC)OCCC. The first-order valence-corrected chi connectivity index (χ1v) is 9.92. The first-order chi connectivity index (χ1) is 8.64. The van der Waals surface area contributed by atoms with Gasteiger partial charge < -0.3 is 13.3 Å². The molecule has 6 heteroatoms. The van der Waals surface area contributed by atoms with E-state index in [0.717, 1.165) is 25.3 Å². The second-order valence-electron chi connectivity index (χ2n) is 4.27. The van der Waals surface area contributed by atoms with Crippen LogP contribution in [0.4, 0.5) is 0 Å². The predicted molar refractivity (Wildman–Crippen MR) is 85.9 cm³/mol. The molecule has 0 aliphatic heterocycles. The van der Waals surface area contributed by atoms with E-state index in [9.17, 15) is 0 Å². The normalized spacial score (nSPS) is 13.8. The highest BCUT2D eigenvalue weighted by atomic mass is 32.1. The Morgan fingerprint density at radius 2 is 1.28 bits per heavy atom. The molecule has 0 aromatic rings. The van der Waals surface area contributed by atoms with Crippen LogP contribution in [0.2, 0.25) is 6.04 Å². The van der Waals surface area contributed by atoms with Crippen molar-refractivity contribution >= 4 is 34.1 Å². The Kier molecular flexibility index (Phi) is 12.1. The standard InChI is InChI=1S/C12H28O3S2Si/c1-4-7-13-18(14-8-5-2,15-9-6-3)11-12(17)10-16/h12,16-17H,4-11H2,1-3H3. The zero-order valence-corrected chi connectivity index (χ0v) is 14.6. The fourth-order valence-electron chi connectivity index (χ4n) is 1.43. The lowest BCUT2D eigenvalue weighted by atomic mass is 10.5. The minimum Gasteiger partial charge on any atom is -0.373 e. The van der Waals surface area contributed by atoms with E-state index in [1.165, 1.54) is 0 Å². The molecule has 3 nitrogen and oxygen atoms in total. The zero-order valence-electron chi connectivity index (χ0n) is 11.9. The summed E-state index contributed by atoms with van der Waals surface area (Å²) >= 11 is 8.79. The average Bonchev–Trinajstić information content (AvgIpc) is 2.40. The molecule has 1 atom stereocenters. The summed E-state index contributed by atoms with van der Waals surface area (Å²) in [6.07, 6.45) is 2.91. The van der Waals surface area contributed by atoms with Gasteiger partial charge in [0.05, 0.1) is 0 Å². The molecule has 0 aliphatic rings. The zero-order chi connectivity index (χ0) is 13.9. The highest BCUT2D eigenvalue weighted by molar-refractivity contribution is 7.84. The molecule has 1 unspecified atom stereocenters. The fraction of sp³-hybridized carbons (Fsp3) is 1.00. The Hall–Kier alpha value is 0.797. The van der Waals surface area contributed by atoms with Crippen molar-refractivity contribution in [2.24, 2.45) is 0 Å². The third-order valence-electron chi connectivity index (χ3n) is 2.27. The Labute approximate surface area is 124 Å². The van der Waals surface area contributed by atoms with Gasteiger partial charge >= 0.3 is 8.80 Å². The van der Waals surface area contributed by atoms with E-state index in [1.54, 1.807) is 0 Å². The Morgan fingerprint density at radius 1 is 0.889 bits per heavy atom. The summed E-state index contributed by atoms with van der Waals surface area (Å²) in [7, 11) is -2.57. The van der Waals surface area contributed by atoms with Gasteiger partial charge in [0.15, 0.2) is 0 Å². The predicted octanol–water partition coefficient (Wildman–Crippen LogP) is 3.43. The molecule has 0 saturated carbocycles. The van der Waals surface area contributed by atoms with Crippen molar-refractivity contribution in [1.82, 2.24) is 0 Å². The second kappa shape index (κ2) is 11.6. The van der Waals surface area contributed by atoms with Crippen molar-refractivity contribution in [2.45, 2.75) is 51.3 Å². The Morgan fingerprint density at radius 3 is 1.56 bits per heavy atom. The molecular weight excluding hydrogens is 284 g/mol. The molecule has 0 fully saturated rings. The summed E-state index contributed by atoms with van der Waals surface area (Å²) in [4.78, 5) is 0. The molecule has 0 saturated heterocycles. The van der Waals surface area contributed by atoms with Crippen LogP contribution in [0.5, 0.6) is 0 Å². The fourth-order valence-corrected chi connectivity index (χ4v) is 5.34. The lowest BCUT2D eigenvalue weighted by Gasteiger charge is -2.31. The third kappa shape index (κ3) is 8.07. The molecular formula is C12H28O3S2Si. The van der Waals surface area contributed by atoms with Crippen LogP contribution in [-0.2, 0) is 13.3 Å². The maximum absolute atomic E-state index is 5.97. The van der Waals surface area contributed by atoms with E-state index in [4.69, 9.17) is 13.3 Å². The lowest BCUT2D eigenvalue weighted by molar-refractivity contribution is 0.0595. The van der Waals surface area contributed by atoms with Crippen molar-refractivity contribution in [1.29, 1.82) is 0 Å². The van der Waals surface area contributed by atoms with Crippen LogP contribution < -0.4 is 0 Å². The van der Waals surface area contributed by atoms with Gasteiger partial charge in [0.1, 0.15) is 0 Å². The average molecular weight is 313 g/mol. The first-order valence-electron chi connectivity index (χ1n) is 6.84. The van der Waals surface area contributed by atoms with Gasteiger partial charge in [-0.05, 0) is 19.3 Å². The van der Waals surface area contributed by atoms with Crippen LogP contribution in [0.15, 0.2) is 0 Å². The summed E-state index contributed by atoms with van der Waals surface area (Å²) in [6.45, 7) is 8.34. The van der Waals surface area contributed by atoms with Gasteiger partial charge in [-0.3, -0.25) is 0 Å². The summed E-state index contributed by atoms with van der Waals surface area (Å²) < 4.78 is 17.9. The second-order valence-corrected chi connectivity index (χ2v) is 8.00. The number of rotatable bonds is 12. The van der Waals surface area contributed by atoms with Crippen molar-refractivity contribution in [3.05, 3.63) is 0 Å². The molecule has 0 rings (SSSR count). The summed E-state index contributed by atoms with van der Waals surface area (Å²) in [5, 5.41) is 0.158. The van der Waals surface area contributed by atoms with Gasteiger partial charge in [-0.25, -0.2) is 0 Å². The molecule has 18 heavy (non-hydrogen) atoms. The van der Waals surface area contributed by atoms with Crippen molar-refractivity contribution < 1.29 is 13.3 Å². The summed E-state index contributed by atoms with van der Waals surface area (Å²) in [6, 6.07) is 0.736. The third-order valence-corrected chi connectivity index (χ3v) is 6.64. The van der Waals surface area contributed by atoms with Gasteiger partial charge in [0.2, 0.25) is 0 Å².